The summed E-state index contributed by atoms with van der Waals surface area (Å²) in [7, 11) is 0. The molecule has 1 aromatic heterocycles. The molecule has 0 aromatic carbocycles. The Balaban J connectivity index is 2.26. The quantitative estimate of drug-likeness (QED) is 0.677. The van der Waals surface area contributed by atoms with Gasteiger partial charge in [-0.05, 0) is 19.3 Å². The number of hydrogen-bond donors (Lipinski definition) is 2. The molecular weight excluding hydrogens is 250 g/mol. The van der Waals surface area contributed by atoms with Crippen molar-refractivity contribution >= 4 is 11.8 Å². The van der Waals surface area contributed by atoms with E-state index in [1.54, 1.807) is 4.57 Å². The number of aromatic nitrogens is 1. The first-order chi connectivity index (χ1) is 8.94. The van der Waals surface area contributed by atoms with Crippen LogP contribution >= 0.6 is 0 Å². The number of nitrogens with zero attached hydrogens (tertiary/aromatic N) is 2. The molecule has 2 heterocycles. The molecule has 1 spiro atoms. The van der Waals surface area contributed by atoms with Crippen LogP contribution < -0.4 is 11.2 Å². The molecule has 0 saturated heterocycles. The van der Waals surface area contributed by atoms with E-state index >= 15 is 0 Å². The average molecular weight is 263 g/mol. The van der Waals surface area contributed by atoms with Crippen molar-refractivity contribution in [1.82, 2.24) is 9.63 Å². The van der Waals surface area contributed by atoms with Gasteiger partial charge in [-0.15, -0.1) is 0 Å². The average Bonchev–Trinajstić information content (AvgIpc) is 2.31. The van der Waals surface area contributed by atoms with E-state index in [1.165, 1.54) is 6.20 Å². The van der Waals surface area contributed by atoms with Crippen molar-refractivity contribution < 1.29 is 14.8 Å². The minimum Gasteiger partial charge on any atom is -0.365 e. The van der Waals surface area contributed by atoms with Crippen LogP contribution in [0.1, 0.15) is 40.1 Å². The van der Waals surface area contributed by atoms with Crippen molar-refractivity contribution in [3.05, 3.63) is 33.7 Å². The Kier molecular flexibility index (Phi) is 2.30. The van der Waals surface area contributed by atoms with Gasteiger partial charge in [0.1, 0.15) is 11.3 Å². The summed E-state index contributed by atoms with van der Waals surface area (Å²) in [5, 5.41) is 10.3. The molecule has 0 unspecified atom stereocenters. The Morgan fingerprint density at radius 2 is 2.05 bits per heavy atom. The van der Waals surface area contributed by atoms with Crippen LogP contribution in [0.15, 0.2) is 17.1 Å². The van der Waals surface area contributed by atoms with Gasteiger partial charge in [-0.3, -0.25) is 19.6 Å². The van der Waals surface area contributed by atoms with Crippen LogP contribution in [0.4, 0.5) is 0 Å². The SMILES string of the molecule is NC(=O)c1cn2c(cc1=O)C(=O)N(O)CC21CCC1. The van der Waals surface area contributed by atoms with Gasteiger partial charge < -0.3 is 10.3 Å². The van der Waals surface area contributed by atoms with Gasteiger partial charge in [0.15, 0.2) is 5.43 Å². The zero-order valence-electron chi connectivity index (χ0n) is 10.1. The number of hydroxylamine groups is 2. The second-order valence-electron chi connectivity index (χ2n) is 5.11. The van der Waals surface area contributed by atoms with Crippen LogP contribution in [-0.4, -0.2) is 33.2 Å². The summed E-state index contributed by atoms with van der Waals surface area (Å²) in [5.74, 6) is -1.45. The molecule has 1 fully saturated rings. The highest BCUT2D eigenvalue weighted by Gasteiger charge is 2.46. The summed E-state index contributed by atoms with van der Waals surface area (Å²) in [6.45, 7) is 0.167. The number of pyridine rings is 1. The first-order valence-electron chi connectivity index (χ1n) is 6.02. The third-order valence-electron chi connectivity index (χ3n) is 4.01. The predicted molar refractivity (Wildman–Crippen MR) is 63.9 cm³/mol. The lowest BCUT2D eigenvalue weighted by atomic mass is 9.74. The molecule has 1 aliphatic heterocycles. The molecule has 3 N–H and O–H groups in total. The van der Waals surface area contributed by atoms with Gasteiger partial charge in [0.25, 0.3) is 11.8 Å². The van der Waals surface area contributed by atoms with E-state index in [-0.39, 0.29) is 17.8 Å². The molecule has 1 aromatic rings. The molecule has 2 aliphatic rings. The molecule has 7 nitrogen and oxygen atoms in total. The maximum absolute atomic E-state index is 11.9. The molecule has 0 bridgehead atoms. The zero-order chi connectivity index (χ0) is 13.8. The fourth-order valence-corrected chi connectivity index (χ4v) is 2.82. The molecule has 19 heavy (non-hydrogen) atoms. The monoisotopic (exact) mass is 263 g/mol. The topological polar surface area (TPSA) is 106 Å². The largest absolute Gasteiger partial charge is 0.365 e. The number of amides is 2. The van der Waals surface area contributed by atoms with Crippen molar-refractivity contribution in [2.24, 2.45) is 5.73 Å². The van der Waals surface area contributed by atoms with Gasteiger partial charge in [-0.1, -0.05) is 0 Å². The Bertz CT molecular complexity index is 645. The van der Waals surface area contributed by atoms with E-state index in [2.05, 4.69) is 0 Å². The molecule has 0 radical (unpaired) electrons. The van der Waals surface area contributed by atoms with Crippen molar-refractivity contribution in [2.45, 2.75) is 24.8 Å². The van der Waals surface area contributed by atoms with E-state index in [1.807, 2.05) is 0 Å². The van der Waals surface area contributed by atoms with Crippen LogP contribution in [0.5, 0.6) is 0 Å². The first-order valence-corrected chi connectivity index (χ1v) is 6.02. The number of nitrogens with two attached hydrogens (primary N) is 1. The fourth-order valence-electron chi connectivity index (χ4n) is 2.82. The highest BCUT2D eigenvalue weighted by atomic mass is 16.5. The summed E-state index contributed by atoms with van der Waals surface area (Å²) in [4.78, 5) is 34.8. The lowest BCUT2D eigenvalue weighted by Gasteiger charge is -2.49. The molecule has 100 valence electrons. The number of carbonyl (C=O) groups is 2. The number of carbonyl (C=O) groups excluding carboxylic acids is 2. The molecular formula is C12H13N3O4. The minimum absolute atomic E-state index is 0.100. The second kappa shape index (κ2) is 3.67. The van der Waals surface area contributed by atoms with E-state index in [9.17, 15) is 19.6 Å². The lowest BCUT2D eigenvalue weighted by molar-refractivity contribution is -0.105. The number of rotatable bonds is 1. The van der Waals surface area contributed by atoms with Gasteiger partial charge in [-0.25, -0.2) is 5.06 Å². The third-order valence-corrected chi connectivity index (χ3v) is 4.01. The highest BCUT2D eigenvalue weighted by Crippen LogP contribution is 2.42. The standard InChI is InChI=1S/C12H13N3O4/c13-10(17)7-5-14-8(4-9(7)16)11(18)15(19)6-12(14)2-1-3-12/h4-5,19H,1-3,6H2,(H2,13,17). The normalized spacial score (nSPS) is 20.1. The summed E-state index contributed by atoms with van der Waals surface area (Å²) < 4.78 is 1.63. The molecule has 2 amide bonds. The van der Waals surface area contributed by atoms with E-state index in [0.29, 0.717) is 5.06 Å². The van der Waals surface area contributed by atoms with Crippen LogP contribution in [0.25, 0.3) is 0 Å². The van der Waals surface area contributed by atoms with Gasteiger partial charge in [-0.2, -0.15) is 0 Å². The van der Waals surface area contributed by atoms with Gasteiger partial charge in [0.05, 0.1) is 12.1 Å². The van der Waals surface area contributed by atoms with Crippen LogP contribution in [-0.2, 0) is 5.54 Å². The second-order valence-corrected chi connectivity index (χ2v) is 5.11. The minimum atomic E-state index is -0.811. The lowest BCUT2D eigenvalue weighted by Crippen LogP contribution is -2.57. The van der Waals surface area contributed by atoms with Gasteiger partial charge in [0.2, 0.25) is 0 Å². The van der Waals surface area contributed by atoms with Gasteiger partial charge >= 0.3 is 0 Å². The summed E-state index contributed by atoms with van der Waals surface area (Å²) in [5.41, 5.74) is 4.11. The molecule has 0 atom stereocenters. The summed E-state index contributed by atoms with van der Waals surface area (Å²) in [6, 6.07) is 1.07. The fraction of sp³-hybridized carbons (Fsp3) is 0.417. The molecule has 1 saturated carbocycles. The van der Waals surface area contributed by atoms with E-state index in [0.717, 1.165) is 25.3 Å². The Hall–Kier alpha value is -2.15. The van der Waals surface area contributed by atoms with Crippen molar-refractivity contribution in [2.75, 3.05) is 6.54 Å². The molecule has 3 rings (SSSR count). The van der Waals surface area contributed by atoms with Gasteiger partial charge in [0, 0.05) is 12.3 Å². The highest BCUT2D eigenvalue weighted by molar-refractivity contribution is 5.96. The summed E-state index contributed by atoms with van der Waals surface area (Å²) in [6.07, 6.45) is 3.89. The number of fused-ring (bicyclic) bond motifs is 2. The molecule has 7 heteroatoms. The van der Waals surface area contributed by atoms with Crippen molar-refractivity contribution in [3.63, 3.8) is 0 Å². The number of hydrogen-bond acceptors (Lipinski definition) is 4. The Morgan fingerprint density at radius 1 is 1.37 bits per heavy atom. The maximum Gasteiger partial charge on any atom is 0.294 e. The Morgan fingerprint density at radius 3 is 2.58 bits per heavy atom. The van der Waals surface area contributed by atoms with Crippen LogP contribution in [0.3, 0.4) is 0 Å². The van der Waals surface area contributed by atoms with E-state index in [4.69, 9.17) is 5.73 Å². The first kappa shape index (κ1) is 11.9. The maximum atomic E-state index is 11.9. The Labute approximate surface area is 108 Å². The van der Waals surface area contributed by atoms with Crippen molar-refractivity contribution in [3.8, 4) is 0 Å². The third kappa shape index (κ3) is 1.51. The van der Waals surface area contributed by atoms with Crippen molar-refractivity contribution in [1.29, 1.82) is 0 Å². The van der Waals surface area contributed by atoms with Crippen LogP contribution in [0, 0.1) is 0 Å². The smallest absolute Gasteiger partial charge is 0.294 e. The predicted octanol–water partition coefficient (Wildman–Crippen LogP) is -0.329. The number of primary amides is 1. The van der Waals surface area contributed by atoms with E-state index < -0.39 is 22.8 Å². The summed E-state index contributed by atoms with van der Waals surface area (Å²) >= 11 is 0. The zero-order valence-corrected chi connectivity index (χ0v) is 10.1. The molecule has 1 aliphatic carbocycles. The van der Waals surface area contributed by atoms with Crippen LogP contribution in [0.2, 0.25) is 0 Å².